The van der Waals surface area contributed by atoms with Gasteiger partial charge in [0, 0.05) is 23.7 Å². The van der Waals surface area contributed by atoms with E-state index in [1.807, 2.05) is 78.3 Å². The largest absolute Gasteiger partial charge is 0.496 e. The highest BCUT2D eigenvalue weighted by molar-refractivity contribution is 5.95. The van der Waals surface area contributed by atoms with Crippen LogP contribution in [0.5, 0.6) is 11.6 Å². The number of ether oxygens (including phenoxy) is 2. The molecule has 3 aromatic carbocycles. The van der Waals surface area contributed by atoms with Gasteiger partial charge in [-0.1, -0.05) is 60.2 Å². The number of hydrogen-bond acceptors (Lipinski definition) is 5. The van der Waals surface area contributed by atoms with Crippen LogP contribution in [-0.4, -0.2) is 34.4 Å². The molecule has 0 aliphatic carbocycles. The molecule has 5 aromatic rings. The average molecular weight is 493 g/mol. The van der Waals surface area contributed by atoms with Crippen LogP contribution in [0.4, 0.5) is 0 Å². The van der Waals surface area contributed by atoms with Crippen LogP contribution in [0.15, 0.2) is 84.9 Å². The van der Waals surface area contributed by atoms with E-state index in [2.05, 4.69) is 30.4 Å². The van der Waals surface area contributed by atoms with E-state index in [0.717, 1.165) is 44.8 Å². The summed E-state index contributed by atoms with van der Waals surface area (Å²) in [7, 11) is 1.61. The van der Waals surface area contributed by atoms with Crippen LogP contribution in [0.1, 0.15) is 16.7 Å². The van der Waals surface area contributed by atoms with Gasteiger partial charge in [-0.2, -0.15) is 10.1 Å². The fourth-order valence-electron chi connectivity index (χ4n) is 4.32. The summed E-state index contributed by atoms with van der Waals surface area (Å²) in [5.41, 5.74) is 6.46. The number of aromatic nitrogens is 3. The summed E-state index contributed by atoms with van der Waals surface area (Å²) in [5.74, 6) is 0.845. The molecular formula is C30H28N4O3. The van der Waals surface area contributed by atoms with Gasteiger partial charge in [-0.05, 0) is 43.7 Å². The minimum atomic E-state index is -0.248. The summed E-state index contributed by atoms with van der Waals surface area (Å²) in [5, 5.41) is 8.78. The molecule has 0 saturated heterocycles. The molecule has 1 N–H and O–H groups in total. The van der Waals surface area contributed by atoms with E-state index in [-0.39, 0.29) is 12.5 Å². The minimum absolute atomic E-state index is 0.155. The maximum absolute atomic E-state index is 12.5. The molecule has 0 unspecified atom stereocenters. The van der Waals surface area contributed by atoms with Crippen molar-refractivity contribution in [1.29, 1.82) is 0 Å². The van der Waals surface area contributed by atoms with Crippen LogP contribution in [-0.2, 0) is 11.3 Å². The molecule has 0 bridgehead atoms. The zero-order valence-electron chi connectivity index (χ0n) is 21.1. The molecular weight excluding hydrogens is 464 g/mol. The number of hydrogen-bond donors (Lipinski definition) is 1. The van der Waals surface area contributed by atoms with Gasteiger partial charge in [0.1, 0.15) is 11.4 Å². The zero-order chi connectivity index (χ0) is 25.8. The highest BCUT2D eigenvalue weighted by atomic mass is 16.5. The summed E-state index contributed by atoms with van der Waals surface area (Å²) in [6.07, 6.45) is 0. The highest BCUT2D eigenvalue weighted by Gasteiger charge is 2.19. The second-order valence-electron chi connectivity index (χ2n) is 8.82. The molecule has 0 aliphatic rings. The summed E-state index contributed by atoms with van der Waals surface area (Å²) >= 11 is 0. The van der Waals surface area contributed by atoms with Crippen LogP contribution in [0.3, 0.4) is 0 Å². The third-order valence-electron chi connectivity index (χ3n) is 6.12. The summed E-state index contributed by atoms with van der Waals surface area (Å²) in [6.45, 7) is 4.26. The van der Waals surface area contributed by atoms with Gasteiger partial charge in [-0.15, -0.1) is 0 Å². The molecule has 186 valence electrons. The first-order valence-corrected chi connectivity index (χ1v) is 12.1. The predicted octanol–water partition coefficient (Wildman–Crippen LogP) is 5.41. The number of aryl methyl sites for hydroxylation is 2. The predicted molar refractivity (Wildman–Crippen MR) is 144 cm³/mol. The van der Waals surface area contributed by atoms with E-state index >= 15 is 0 Å². The summed E-state index contributed by atoms with van der Waals surface area (Å²) in [6, 6.07) is 27.6. The fraction of sp³-hybridized carbons (Fsp3) is 0.167. The number of nitrogens with one attached hydrogen (secondary N) is 1. The lowest BCUT2D eigenvalue weighted by Gasteiger charge is -2.11. The molecule has 0 aliphatic heterocycles. The van der Waals surface area contributed by atoms with Gasteiger partial charge in [0.25, 0.3) is 5.91 Å². The van der Waals surface area contributed by atoms with Crippen LogP contribution < -0.4 is 14.8 Å². The van der Waals surface area contributed by atoms with Crippen molar-refractivity contribution in [1.82, 2.24) is 20.1 Å². The number of carbonyl (C=O) groups excluding carboxylic acids is 1. The molecule has 1 amide bonds. The van der Waals surface area contributed by atoms with Crippen molar-refractivity contribution in [2.45, 2.75) is 20.4 Å². The van der Waals surface area contributed by atoms with Crippen molar-refractivity contribution < 1.29 is 14.3 Å². The number of fused-ring (bicyclic) bond motifs is 1. The van der Waals surface area contributed by atoms with E-state index in [1.54, 1.807) is 7.11 Å². The Kier molecular flexibility index (Phi) is 6.85. The van der Waals surface area contributed by atoms with Gasteiger partial charge in [0.15, 0.2) is 12.3 Å². The van der Waals surface area contributed by atoms with E-state index in [1.165, 1.54) is 0 Å². The lowest BCUT2D eigenvalue weighted by molar-refractivity contribution is -0.123. The normalized spacial score (nSPS) is 10.9. The maximum Gasteiger partial charge on any atom is 0.258 e. The monoisotopic (exact) mass is 492 g/mol. The number of rotatable bonds is 8. The van der Waals surface area contributed by atoms with Crippen molar-refractivity contribution in [3.63, 3.8) is 0 Å². The van der Waals surface area contributed by atoms with Gasteiger partial charge in [0.2, 0.25) is 5.88 Å². The number of pyridine rings is 1. The molecule has 37 heavy (non-hydrogen) atoms. The molecule has 2 aromatic heterocycles. The molecule has 0 atom stereocenters. The topological polar surface area (TPSA) is 78.3 Å². The Balaban J connectivity index is 1.43. The Morgan fingerprint density at radius 1 is 0.946 bits per heavy atom. The molecule has 7 nitrogen and oxygen atoms in total. The Morgan fingerprint density at radius 2 is 1.73 bits per heavy atom. The smallest absolute Gasteiger partial charge is 0.258 e. The van der Waals surface area contributed by atoms with Crippen LogP contribution in [0.2, 0.25) is 0 Å². The second-order valence-corrected chi connectivity index (χ2v) is 8.82. The molecule has 0 saturated carbocycles. The van der Waals surface area contributed by atoms with Crippen molar-refractivity contribution in [2.24, 2.45) is 0 Å². The number of methoxy groups -OCH3 is 1. The standard InChI is InChI=1S/C30H28N4O3/c1-20-10-9-12-22(16-20)29-28-21(2)17-27(32-30(28)34(33-29)24-13-5-4-6-14-24)37-19-26(35)31-18-23-11-7-8-15-25(23)36-3/h4-17H,18-19H2,1-3H3,(H,31,35). The van der Waals surface area contributed by atoms with Gasteiger partial charge >= 0.3 is 0 Å². The minimum Gasteiger partial charge on any atom is -0.496 e. The highest BCUT2D eigenvalue weighted by Crippen LogP contribution is 2.33. The van der Waals surface area contributed by atoms with Crippen molar-refractivity contribution in [3.05, 3.63) is 102 Å². The van der Waals surface area contributed by atoms with Crippen LogP contribution in [0, 0.1) is 13.8 Å². The molecule has 0 spiro atoms. The Labute approximate surface area is 215 Å². The maximum atomic E-state index is 12.5. The number of nitrogens with zero attached hydrogens (tertiary/aromatic N) is 3. The van der Waals surface area contributed by atoms with E-state index in [9.17, 15) is 4.79 Å². The Morgan fingerprint density at radius 3 is 2.51 bits per heavy atom. The van der Waals surface area contributed by atoms with Crippen molar-refractivity contribution in [3.8, 4) is 28.6 Å². The zero-order valence-corrected chi connectivity index (χ0v) is 21.1. The molecule has 0 radical (unpaired) electrons. The van der Waals surface area contributed by atoms with Gasteiger partial charge in [0.05, 0.1) is 18.2 Å². The molecule has 5 rings (SSSR count). The number of amides is 1. The Hall–Kier alpha value is -4.65. The first kappa shape index (κ1) is 24.1. The lowest BCUT2D eigenvalue weighted by atomic mass is 10.0. The molecule has 0 fully saturated rings. The third kappa shape index (κ3) is 5.16. The van der Waals surface area contributed by atoms with E-state index < -0.39 is 0 Å². The number of carbonyl (C=O) groups is 1. The fourth-order valence-corrected chi connectivity index (χ4v) is 4.32. The molecule has 2 heterocycles. The van der Waals surface area contributed by atoms with Crippen molar-refractivity contribution >= 4 is 16.9 Å². The van der Waals surface area contributed by atoms with E-state index in [0.29, 0.717) is 18.1 Å². The SMILES string of the molecule is COc1ccccc1CNC(=O)COc1cc(C)c2c(-c3cccc(C)c3)nn(-c3ccccc3)c2n1. The van der Waals surface area contributed by atoms with Crippen LogP contribution in [0.25, 0.3) is 28.0 Å². The van der Waals surface area contributed by atoms with Gasteiger partial charge < -0.3 is 14.8 Å². The quantitative estimate of drug-likeness (QED) is 0.313. The number of benzene rings is 3. The Bertz CT molecular complexity index is 1560. The van der Waals surface area contributed by atoms with Gasteiger partial charge in [-0.3, -0.25) is 4.79 Å². The third-order valence-corrected chi connectivity index (χ3v) is 6.12. The van der Waals surface area contributed by atoms with E-state index in [4.69, 9.17) is 19.6 Å². The average Bonchev–Trinajstić information content (AvgIpc) is 3.31. The van der Waals surface area contributed by atoms with Gasteiger partial charge in [-0.25, -0.2) is 4.68 Å². The summed E-state index contributed by atoms with van der Waals surface area (Å²) in [4.78, 5) is 17.3. The molecule has 7 heteroatoms. The lowest BCUT2D eigenvalue weighted by Crippen LogP contribution is -2.28. The summed E-state index contributed by atoms with van der Waals surface area (Å²) < 4.78 is 13.0. The van der Waals surface area contributed by atoms with Crippen molar-refractivity contribution in [2.75, 3.05) is 13.7 Å². The second kappa shape index (κ2) is 10.5. The first-order chi connectivity index (χ1) is 18.0. The van der Waals surface area contributed by atoms with Crippen LogP contribution >= 0.6 is 0 Å². The number of para-hydroxylation sites is 2. The first-order valence-electron chi connectivity index (χ1n) is 12.1.